The number of rotatable bonds is 2. The summed E-state index contributed by atoms with van der Waals surface area (Å²) in [4.78, 5) is 5.62. The number of halogens is 2. The van der Waals surface area contributed by atoms with Crippen molar-refractivity contribution in [2.45, 2.75) is 13.3 Å². The molecule has 0 unspecified atom stereocenters. The molecular formula is C11H9Cl2NS. The molecule has 0 radical (unpaired) electrons. The fraction of sp³-hybridized carbons (Fsp3) is 0.182. The zero-order valence-corrected chi connectivity index (χ0v) is 10.5. The summed E-state index contributed by atoms with van der Waals surface area (Å²) in [5, 5.41) is 2.14. The lowest BCUT2D eigenvalue weighted by atomic mass is 10.2. The number of benzene rings is 1. The highest BCUT2D eigenvalue weighted by Gasteiger charge is 2.05. The monoisotopic (exact) mass is 257 g/mol. The van der Waals surface area contributed by atoms with Gasteiger partial charge in [-0.1, -0.05) is 36.2 Å². The van der Waals surface area contributed by atoms with Gasteiger partial charge in [0.2, 0.25) is 0 Å². The summed E-state index contributed by atoms with van der Waals surface area (Å²) in [6.07, 6.45) is 2.92. The van der Waals surface area contributed by atoms with Crippen LogP contribution in [0.5, 0.6) is 0 Å². The van der Waals surface area contributed by atoms with Gasteiger partial charge >= 0.3 is 0 Å². The van der Waals surface area contributed by atoms with E-state index in [0.717, 1.165) is 17.0 Å². The van der Waals surface area contributed by atoms with Crippen molar-refractivity contribution in [1.82, 2.24) is 4.98 Å². The van der Waals surface area contributed by atoms with E-state index in [0.29, 0.717) is 10.0 Å². The summed E-state index contributed by atoms with van der Waals surface area (Å²) < 4.78 is 0. The molecule has 1 aromatic heterocycles. The topological polar surface area (TPSA) is 12.9 Å². The minimum atomic E-state index is 0.572. The van der Waals surface area contributed by atoms with Crippen LogP contribution in [0.4, 0.5) is 0 Å². The second kappa shape index (κ2) is 4.52. The van der Waals surface area contributed by atoms with Crippen LogP contribution in [0.1, 0.15) is 11.8 Å². The van der Waals surface area contributed by atoms with Gasteiger partial charge in [-0.25, -0.2) is 4.98 Å². The first kappa shape index (κ1) is 10.9. The Morgan fingerprint density at radius 3 is 2.67 bits per heavy atom. The van der Waals surface area contributed by atoms with Gasteiger partial charge in [0.05, 0.1) is 10.0 Å². The molecular weight excluding hydrogens is 249 g/mol. The average molecular weight is 258 g/mol. The third-order valence-electron chi connectivity index (χ3n) is 2.07. The van der Waals surface area contributed by atoms with Crippen molar-refractivity contribution in [2.75, 3.05) is 0 Å². The molecule has 4 heteroatoms. The van der Waals surface area contributed by atoms with Gasteiger partial charge in [-0.05, 0) is 18.6 Å². The summed E-state index contributed by atoms with van der Waals surface area (Å²) >= 11 is 13.5. The van der Waals surface area contributed by atoms with Crippen molar-refractivity contribution in [3.05, 3.63) is 39.3 Å². The predicted octanol–water partition coefficient (Wildman–Crippen LogP) is 4.68. The molecule has 1 heterocycles. The van der Waals surface area contributed by atoms with E-state index in [2.05, 4.69) is 11.9 Å². The van der Waals surface area contributed by atoms with E-state index < -0.39 is 0 Å². The molecule has 2 aromatic rings. The molecule has 78 valence electrons. The average Bonchev–Trinajstić information content (AvgIpc) is 2.70. The lowest BCUT2D eigenvalue weighted by Gasteiger charge is -1.98. The van der Waals surface area contributed by atoms with E-state index in [-0.39, 0.29) is 0 Å². The molecule has 0 saturated carbocycles. The number of hydrogen-bond acceptors (Lipinski definition) is 2. The van der Waals surface area contributed by atoms with Crippen molar-refractivity contribution in [3.8, 4) is 10.6 Å². The van der Waals surface area contributed by atoms with Crippen molar-refractivity contribution in [3.63, 3.8) is 0 Å². The maximum Gasteiger partial charge on any atom is 0.123 e. The maximum absolute atomic E-state index is 5.95. The Balaban J connectivity index is 2.40. The molecule has 15 heavy (non-hydrogen) atoms. The summed E-state index contributed by atoms with van der Waals surface area (Å²) in [5.41, 5.74) is 1.02. The minimum Gasteiger partial charge on any atom is -0.244 e. The van der Waals surface area contributed by atoms with Crippen LogP contribution in [0, 0.1) is 0 Å². The van der Waals surface area contributed by atoms with Crippen LogP contribution in [0.2, 0.25) is 10.0 Å². The van der Waals surface area contributed by atoms with Gasteiger partial charge in [0.25, 0.3) is 0 Å². The van der Waals surface area contributed by atoms with Gasteiger partial charge in [-0.2, -0.15) is 0 Å². The van der Waals surface area contributed by atoms with Crippen LogP contribution in [0.25, 0.3) is 10.6 Å². The second-order valence-corrected chi connectivity index (χ2v) is 5.04. The van der Waals surface area contributed by atoms with Gasteiger partial charge in [-0.3, -0.25) is 0 Å². The minimum absolute atomic E-state index is 0.572. The Bertz CT molecular complexity index is 479. The molecule has 0 aliphatic rings. The third-order valence-corrected chi connectivity index (χ3v) is 4.00. The van der Waals surface area contributed by atoms with Gasteiger partial charge in [0.15, 0.2) is 0 Å². The number of nitrogens with zero attached hydrogens (tertiary/aromatic N) is 1. The van der Waals surface area contributed by atoms with Crippen LogP contribution in [-0.2, 0) is 6.42 Å². The van der Waals surface area contributed by atoms with E-state index in [1.165, 1.54) is 4.88 Å². The third kappa shape index (κ3) is 2.33. The van der Waals surface area contributed by atoms with E-state index in [1.807, 2.05) is 18.3 Å². The lowest BCUT2D eigenvalue weighted by Crippen LogP contribution is -1.75. The predicted molar refractivity (Wildman–Crippen MR) is 66.9 cm³/mol. The fourth-order valence-corrected chi connectivity index (χ4v) is 2.38. The lowest BCUT2D eigenvalue weighted by molar-refractivity contribution is 1.17. The molecule has 2 rings (SSSR count). The van der Waals surface area contributed by atoms with Crippen molar-refractivity contribution >= 4 is 34.5 Å². The van der Waals surface area contributed by atoms with Crippen molar-refractivity contribution < 1.29 is 0 Å². The SMILES string of the molecule is CCc1cnc(-c2ccc(Cl)c(Cl)c2)s1. The highest BCUT2D eigenvalue weighted by Crippen LogP contribution is 2.30. The quantitative estimate of drug-likeness (QED) is 0.762. The number of aromatic nitrogens is 1. The Morgan fingerprint density at radius 1 is 1.27 bits per heavy atom. The van der Waals surface area contributed by atoms with Gasteiger partial charge in [0.1, 0.15) is 5.01 Å². The zero-order valence-electron chi connectivity index (χ0n) is 8.13. The second-order valence-electron chi connectivity index (χ2n) is 3.11. The molecule has 0 fully saturated rings. The summed E-state index contributed by atoms with van der Waals surface area (Å²) in [7, 11) is 0. The summed E-state index contributed by atoms with van der Waals surface area (Å²) in [6.45, 7) is 2.12. The van der Waals surface area contributed by atoms with E-state index in [4.69, 9.17) is 23.2 Å². The van der Waals surface area contributed by atoms with E-state index in [9.17, 15) is 0 Å². The zero-order chi connectivity index (χ0) is 10.8. The van der Waals surface area contributed by atoms with Crippen LogP contribution in [0.15, 0.2) is 24.4 Å². The standard InChI is InChI=1S/C11H9Cl2NS/c1-2-8-6-14-11(15-8)7-3-4-9(12)10(13)5-7/h3-6H,2H2,1H3. The molecule has 0 N–H and O–H groups in total. The molecule has 1 nitrogen and oxygen atoms in total. The van der Waals surface area contributed by atoms with Crippen LogP contribution < -0.4 is 0 Å². The first-order chi connectivity index (χ1) is 7.20. The smallest absolute Gasteiger partial charge is 0.123 e. The molecule has 0 aliphatic heterocycles. The van der Waals surface area contributed by atoms with E-state index >= 15 is 0 Å². The van der Waals surface area contributed by atoms with Gasteiger partial charge in [-0.15, -0.1) is 11.3 Å². The molecule has 0 bridgehead atoms. The first-order valence-corrected chi connectivity index (χ1v) is 6.18. The first-order valence-electron chi connectivity index (χ1n) is 4.61. The summed E-state index contributed by atoms with van der Waals surface area (Å²) in [5.74, 6) is 0. The number of hydrogen-bond donors (Lipinski definition) is 0. The Kier molecular flexibility index (Phi) is 3.29. The van der Waals surface area contributed by atoms with Gasteiger partial charge in [0, 0.05) is 16.6 Å². The highest BCUT2D eigenvalue weighted by molar-refractivity contribution is 7.15. The van der Waals surface area contributed by atoms with Crippen molar-refractivity contribution in [1.29, 1.82) is 0 Å². The van der Waals surface area contributed by atoms with Crippen molar-refractivity contribution in [2.24, 2.45) is 0 Å². The molecule has 0 spiro atoms. The largest absolute Gasteiger partial charge is 0.244 e. The molecule has 0 saturated heterocycles. The number of thiazole rings is 1. The molecule has 0 atom stereocenters. The Labute approximate surface area is 103 Å². The summed E-state index contributed by atoms with van der Waals surface area (Å²) in [6, 6.07) is 5.58. The van der Waals surface area contributed by atoms with E-state index in [1.54, 1.807) is 17.4 Å². The fourth-order valence-electron chi connectivity index (χ4n) is 1.23. The maximum atomic E-state index is 5.95. The molecule has 0 amide bonds. The number of aryl methyl sites for hydroxylation is 1. The van der Waals surface area contributed by atoms with Gasteiger partial charge < -0.3 is 0 Å². The van der Waals surface area contributed by atoms with Crippen LogP contribution in [0.3, 0.4) is 0 Å². The highest BCUT2D eigenvalue weighted by atomic mass is 35.5. The van der Waals surface area contributed by atoms with Crippen LogP contribution >= 0.6 is 34.5 Å². The Morgan fingerprint density at radius 2 is 2.07 bits per heavy atom. The normalized spacial score (nSPS) is 10.6. The van der Waals surface area contributed by atoms with Crippen LogP contribution in [-0.4, -0.2) is 4.98 Å². The molecule has 1 aromatic carbocycles. The Hall–Kier alpha value is -0.570. The molecule has 0 aliphatic carbocycles.